The summed E-state index contributed by atoms with van der Waals surface area (Å²) in [5.41, 5.74) is 2.45. The molecule has 0 N–H and O–H groups in total. The van der Waals surface area contributed by atoms with Crippen LogP contribution in [0.15, 0.2) is 42.0 Å². The molecule has 0 fully saturated rings. The predicted molar refractivity (Wildman–Crippen MR) is 61.5 cm³/mol. The van der Waals surface area contributed by atoms with Gasteiger partial charge < -0.3 is 0 Å². The van der Waals surface area contributed by atoms with Gasteiger partial charge in [0.05, 0.1) is 11.2 Å². The van der Waals surface area contributed by atoms with Crippen LogP contribution in [0.3, 0.4) is 0 Å². The number of para-hydroxylation sites is 1. The van der Waals surface area contributed by atoms with E-state index in [9.17, 15) is 4.79 Å². The molecule has 0 aliphatic heterocycles. The summed E-state index contributed by atoms with van der Waals surface area (Å²) in [6.45, 7) is 1.77. The van der Waals surface area contributed by atoms with Crippen molar-refractivity contribution in [1.29, 1.82) is 0 Å². The van der Waals surface area contributed by atoms with Crippen molar-refractivity contribution in [3.8, 4) is 0 Å². The van der Waals surface area contributed by atoms with E-state index in [1.807, 2.05) is 36.4 Å². The first kappa shape index (κ1) is 9.59. The third-order valence-electron chi connectivity index (χ3n) is 2.18. The van der Waals surface area contributed by atoms with Crippen molar-refractivity contribution in [1.82, 2.24) is 4.98 Å². The molecule has 0 bridgehead atoms. The van der Waals surface area contributed by atoms with Crippen molar-refractivity contribution in [3.63, 3.8) is 0 Å². The third kappa shape index (κ3) is 2.10. The van der Waals surface area contributed by atoms with Gasteiger partial charge in [0.25, 0.3) is 0 Å². The van der Waals surface area contributed by atoms with E-state index < -0.39 is 0 Å². The molecule has 0 atom stereocenters. The van der Waals surface area contributed by atoms with E-state index in [-0.39, 0.29) is 0 Å². The molecule has 1 heterocycles. The van der Waals surface area contributed by atoms with E-state index in [0.29, 0.717) is 5.57 Å². The first-order chi connectivity index (χ1) is 7.29. The first-order valence-corrected chi connectivity index (χ1v) is 4.79. The van der Waals surface area contributed by atoms with Gasteiger partial charge in [0.15, 0.2) is 0 Å². The van der Waals surface area contributed by atoms with Gasteiger partial charge in [-0.3, -0.25) is 4.79 Å². The molecular weight excluding hydrogens is 186 g/mol. The number of pyridine rings is 1. The topological polar surface area (TPSA) is 30.0 Å². The zero-order valence-corrected chi connectivity index (χ0v) is 8.47. The molecule has 0 radical (unpaired) electrons. The zero-order chi connectivity index (χ0) is 10.7. The van der Waals surface area contributed by atoms with Crippen LogP contribution in [0.4, 0.5) is 0 Å². The van der Waals surface area contributed by atoms with E-state index in [0.717, 1.165) is 22.9 Å². The van der Waals surface area contributed by atoms with E-state index in [2.05, 4.69) is 4.98 Å². The molecule has 2 rings (SSSR count). The summed E-state index contributed by atoms with van der Waals surface area (Å²) in [6.07, 6.45) is 2.61. The van der Waals surface area contributed by atoms with Crippen molar-refractivity contribution in [2.75, 3.05) is 0 Å². The Morgan fingerprint density at radius 2 is 2.00 bits per heavy atom. The van der Waals surface area contributed by atoms with Crippen LogP contribution >= 0.6 is 0 Å². The Balaban J connectivity index is 2.52. The lowest BCUT2D eigenvalue weighted by atomic mass is 10.2. The van der Waals surface area contributed by atoms with Gasteiger partial charge in [0.2, 0.25) is 0 Å². The highest BCUT2D eigenvalue weighted by Crippen LogP contribution is 2.13. The van der Waals surface area contributed by atoms with Crippen molar-refractivity contribution in [2.24, 2.45) is 0 Å². The molecule has 2 heteroatoms. The van der Waals surface area contributed by atoms with Gasteiger partial charge in [-0.05, 0) is 30.7 Å². The summed E-state index contributed by atoms with van der Waals surface area (Å²) >= 11 is 0. The van der Waals surface area contributed by atoms with Gasteiger partial charge in [0, 0.05) is 5.39 Å². The quantitative estimate of drug-likeness (QED) is 0.547. The van der Waals surface area contributed by atoms with Crippen LogP contribution in [0.25, 0.3) is 17.0 Å². The van der Waals surface area contributed by atoms with Crippen LogP contribution in [0.1, 0.15) is 12.6 Å². The number of nitrogens with zero attached hydrogens (tertiary/aromatic N) is 1. The van der Waals surface area contributed by atoms with Gasteiger partial charge in [-0.15, -0.1) is 0 Å². The van der Waals surface area contributed by atoms with Crippen LogP contribution in [0.5, 0.6) is 0 Å². The zero-order valence-electron chi connectivity index (χ0n) is 8.47. The molecule has 0 saturated heterocycles. The Labute approximate surface area is 88.3 Å². The Hall–Kier alpha value is -1.96. The maximum absolute atomic E-state index is 10.5. The number of benzene rings is 1. The number of hydrogen-bond donors (Lipinski definition) is 0. The predicted octanol–water partition coefficient (Wildman–Crippen LogP) is 2.84. The molecule has 74 valence electrons. The molecule has 0 unspecified atom stereocenters. The molecular formula is C13H11NO. The van der Waals surface area contributed by atoms with E-state index in [4.69, 9.17) is 0 Å². The van der Waals surface area contributed by atoms with Crippen molar-refractivity contribution in [3.05, 3.63) is 47.7 Å². The first-order valence-electron chi connectivity index (χ1n) is 4.79. The molecule has 1 aromatic carbocycles. The third-order valence-corrected chi connectivity index (χ3v) is 2.18. The van der Waals surface area contributed by atoms with Crippen LogP contribution in [-0.2, 0) is 4.79 Å². The lowest BCUT2D eigenvalue weighted by Crippen LogP contribution is -1.84. The molecule has 2 aromatic rings. The Morgan fingerprint density at radius 1 is 1.20 bits per heavy atom. The largest absolute Gasteiger partial charge is 0.298 e. The molecule has 0 saturated carbocycles. The summed E-state index contributed by atoms with van der Waals surface area (Å²) < 4.78 is 0. The average molecular weight is 197 g/mol. The van der Waals surface area contributed by atoms with E-state index in [1.54, 1.807) is 13.0 Å². The molecule has 0 amide bonds. The number of aldehydes is 1. The smallest absolute Gasteiger partial charge is 0.145 e. The number of carbonyl (C=O) groups is 1. The number of aromatic nitrogens is 1. The van der Waals surface area contributed by atoms with Crippen molar-refractivity contribution >= 4 is 23.3 Å². The molecule has 0 spiro atoms. The minimum atomic E-state index is 0.679. The van der Waals surface area contributed by atoms with Crippen LogP contribution < -0.4 is 0 Å². The summed E-state index contributed by atoms with van der Waals surface area (Å²) in [4.78, 5) is 14.9. The van der Waals surface area contributed by atoms with Crippen LogP contribution in [0.2, 0.25) is 0 Å². The number of allylic oxidation sites excluding steroid dienone is 1. The average Bonchev–Trinajstić information content (AvgIpc) is 2.29. The SMILES string of the molecule is CC(C=O)=Cc1ccc2ccccc2n1. The summed E-state index contributed by atoms with van der Waals surface area (Å²) in [6, 6.07) is 11.8. The maximum Gasteiger partial charge on any atom is 0.145 e. The van der Waals surface area contributed by atoms with E-state index in [1.165, 1.54) is 0 Å². The summed E-state index contributed by atoms with van der Waals surface area (Å²) in [7, 11) is 0. The van der Waals surface area contributed by atoms with Crippen LogP contribution in [-0.4, -0.2) is 11.3 Å². The fraction of sp³-hybridized carbons (Fsp3) is 0.0769. The van der Waals surface area contributed by atoms with Gasteiger partial charge in [-0.1, -0.05) is 24.3 Å². The molecule has 1 aromatic heterocycles. The minimum Gasteiger partial charge on any atom is -0.298 e. The monoisotopic (exact) mass is 197 g/mol. The Kier molecular flexibility index (Phi) is 2.59. The van der Waals surface area contributed by atoms with Gasteiger partial charge >= 0.3 is 0 Å². The maximum atomic E-state index is 10.5. The lowest BCUT2D eigenvalue weighted by Gasteiger charge is -1.98. The normalized spacial score (nSPS) is 11.7. The van der Waals surface area contributed by atoms with E-state index >= 15 is 0 Å². The highest BCUT2D eigenvalue weighted by atomic mass is 16.1. The van der Waals surface area contributed by atoms with Crippen LogP contribution in [0, 0.1) is 0 Å². The van der Waals surface area contributed by atoms with Gasteiger partial charge in [-0.25, -0.2) is 4.98 Å². The lowest BCUT2D eigenvalue weighted by molar-refractivity contribution is -0.104. The molecule has 0 aliphatic rings. The number of hydrogen-bond acceptors (Lipinski definition) is 2. The molecule has 15 heavy (non-hydrogen) atoms. The highest BCUT2D eigenvalue weighted by molar-refractivity contribution is 5.83. The Morgan fingerprint density at radius 3 is 2.80 bits per heavy atom. The fourth-order valence-corrected chi connectivity index (χ4v) is 1.43. The standard InChI is InChI=1S/C13H11NO/c1-10(9-15)8-12-7-6-11-4-2-3-5-13(11)14-12/h2-9H,1H3. The second-order valence-electron chi connectivity index (χ2n) is 3.44. The van der Waals surface area contributed by atoms with Crippen molar-refractivity contribution in [2.45, 2.75) is 6.92 Å². The summed E-state index contributed by atoms with van der Waals surface area (Å²) in [5, 5.41) is 1.11. The molecule has 0 aliphatic carbocycles. The second kappa shape index (κ2) is 4.05. The van der Waals surface area contributed by atoms with Gasteiger partial charge in [-0.2, -0.15) is 0 Å². The Bertz CT molecular complexity index is 529. The minimum absolute atomic E-state index is 0.679. The van der Waals surface area contributed by atoms with Crippen molar-refractivity contribution < 1.29 is 4.79 Å². The highest BCUT2D eigenvalue weighted by Gasteiger charge is 1.95. The summed E-state index contributed by atoms with van der Waals surface area (Å²) in [5.74, 6) is 0. The fourth-order valence-electron chi connectivity index (χ4n) is 1.43. The number of fused-ring (bicyclic) bond motifs is 1. The molecule has 2 nitrogen and oxygen atoms in total. The number of carbonyl (C=O) groups excluding carboxylic acids is 1. The second-order valence-corrected chi connectivity index (χ2v) is 3.44. The van der Waals surface area contributed by atoms with Gasteiger partial charge in [0.1, 0.15) is 6.29 Å². The number of rotatable bonds is 2.